The van der Waals surface area contributed by atoms with Crippen molar-refractivity contribution < 1.29 is 29.7 Å². The fourth-order valence-corrected chi connectivity index (χ4v) is 5.97. The minimum atomic E-state index is -1.61. The summed E-state index contributed by atoms with van der Waals surface area (Å²) in [5.41, 5.74) is 1.68. The van der Waals surface area contributed by atoms with Crippen LogP contribution in [0.1, 0.15) is 107 Å². The van der Waals surface area contributed by atoms with Crippen molar-refractivity contribution in [1.82, 2.24) is 0 Å². The molecule has 1 aliphatic carbocycles. The molecule has 0 spiro atoms. The van der Waals surface area contributed by atoms with Gasteiger partial charge in [0, 0.05) is 5.56 Å². The molecule has 0 bridgehead atoms. The number of phenols is 2. The van der Waals surface area contributed by atoms with E-state index in [4.69, 9.17) is 0 Å². The number of carbonyl (C=O) groups is 3. The maximum absolute atomic E-state index is 15.0. The van der Waals surface area contributed by atoms with E-state index in [1.807, 2.05) is 54.5 Å². The van der Waals surface area contributed by atoms with Crippen LogP contribution >= 0.6 is 0 Å². The zero-order valence-corrected chi connectivity index (χ0v) is 29.0. The number of rotatable bonds is 12. The van der Waals surface area contributed by atoms with Crippen LogP contribution < -0.4 is 0 Å². The molecule has 1 aromatic carbocycles. The standard InChI is InChI=1S/C39H54O6/c1-23(2)12-15-28(26(7)8)21-39(22-29(38(9,10)11)17-13-24(3)4)36(44)30(18-14-25(5)6)35(43)33(37(39)45)34(42)27-16-19-31(40)32(41)20-27/h12-14,16,19-20,28-30,40-42H,7,15,17-18,21-22H2,1-6,8-11H3/t28-,29+,30?,39-/m0/s1. The van der Waals surface area contributed by atoms with Crippen molar-refractivity contribution in [3.8, 4) is 11.5 Å². The molecule has 0 aromatic heterocycles. The maximum Gasteiger partial charge on any atom is 0.183 e. The molecule has 1 unspecified atom stereocenters. The van der Waals surface area contributed by atoms with Gasteiger partial charge < -0.3 is 15.3 Å². The van der Waals surface area contributed by atoms with Crippen LogP contribution in [0.4, 0.5) is 0 Å². The number of hydrogen-bond acceptors (Lipinski definition) is 6. The minimum Gasteiger partial charge on any atom is -0.506 e. The number of phenolic OH excluding ortho intramolecular Hbond substituents is 2. The predicted octanol–water partition coefficient (Wildman–Crippen LogP) is 9.39. The summed E-state index contributed by atoms with van der Waals surface area (Å²) >= 11 is 0. The van der Waals surface area contributed by atoms with E-state index < -0.39 is 51.5 Å². The number of hydrogen-bond donors (Lipinski definition) is 3. The van der Waals surface area contributed by atoms with Gasteiger partial charge in [0.05, 0.1) is 11.3 Å². The minimum absolute atomic E-state index is 0.00381. The van der Waals surface area contributed by atoms with Crippen LogP contribution in [0.25, 0.3) is 5.76 Å². The molecule has 6 nitrogen and oxygen atoms in total. The normalized spacial score (nSPS) is 21.1. The molecule has 0 saturated heterocycles. The number of benzene rings is 1. The lowest BCUT2D eigenvalue weighted by atomic mass is 9.55. The van der Waals surface area contributed by atoms with Crippen molar-refractivity contribution in [2.24, 2.45) is 28.6 Å². The van der Waals surface area contributed by atoms with E-state index in [0.717, 1.165) is 28.4 Å². The highest BCUT2D eigenvalue weighted by atomic mass is 16.3. The average Bonchev–Trinajstić information content (AvgIpc) is 2.91. The fraction of sp³-hybridized carbons (Fsp3) is 0.513. The molecule has 4 atom stereocenters. The Hall–Kier alpha value is -3.67. The molecule has 45 heavy (non-hydrogen) atoms. The monoisotopic (exact) mass is 618 g/mol. The third kappa shape index (κ3) is 9.18. The zero-order valence-electron chi connectivity index (χ0n) is 29.0. The highest BCUT2D eigenvalue weighted by molar-refractivity contribution is 6.39. The van der Waals surface area contributed by atoms with Gasteiger partial charge in [-0.1, -0.05) is 67.9 Å². The molecule has 1 aliphatic rings. The third-order valence-corrected chi connectivity index (χ3v) is 8.99. The summed E-state index contributed by atoms with van der Waals surface area (Å²) in [6.07, 6.45) is 7.71. The van der Waals surface area contributed by atoms with E-state index in [1.54, 1.807) is 0 Å². The SMILES string of the molecule is C=C(C)[C@@H](CC=C(C)C)C[C@@]1(C[C@@H](CC=C(C)C)C(C)(C)C)C(=O)C(=C(O)c2ccc(O)c(O)c2)C(=O)C(CC=C(C)C)C1=O. The Bertz CT molecular complexity index is 1430. The highest BCUT2D eigenvalue weighted by Crippen LogP contribution is 2.51. The highest BCUT2D eigenvalue weighted by Gasteiger charge is 2.59. The molecular weight excluding hydrogens is 564 g/mol. The second kappa shape index (κ2) is 15.1. The van der Waals surface area contributed by atoms with E-state index in [2.05, 4.69) is 39.5 Å². The summed E-state index contributed by atoms with van der Waals surface area (Å²) < 4.78 is 0. The van der Waals surface area contributed by atoms with E-state index in [9.17, 15) is 29.7 Å². The molecular formula is C39H54O6. The molecule has 0 aliphatic heterocycles. The van der Waals surface area contributed by atoms with E-state index in [1.165, 1.54) is 12.1 Å². The summed E-state index contributed by atoms with van der Waals surface area (Å²) in [5, 5.41) is 31.6. The van der Waals surface area contributed by atoms with Crippen molar-refractivity contribution in [3.05, 3.63) is 76.4 Å². The predicted molar refractivity (Wildman–Crippen MR) is 183 cm³/mol. The van der Waals surface area contributed by atoms with Crippen LogP contribution in [0, 0.1) is 28.6 Å². The zero-order chi connectivity index (χ0) is 34.4. The van der Waals surface area contributed by atoms with Gasteiger partial charge in [0.25, 0.3) is 0 Å². The Kier molecular flexibility index (Phi) is 12.6. The quantitative estimate of drug-likeness (QED) is 0.0537. The van der Waals surface area contributed by atoms with Gasteiger partial charge in [-0.2, -0.15) is 0 Å². The van der Waals surface area contributed by atoms with Gasteiger partial charge in [0.15, 0.2) is 28.8 Å². The average molecular weight is 619 g/mol. The summed E-state index contributed by atoms with van der Waals surface area (Å²) in [7, 11) is 0. The van der Waals surface area contributed by atoms with Crippen LogP contribution in [0.2, 0.25) is 0 Å². The van der Waals surface area contributed by atoms with Crippen molar-refractivity contribution in [1.29, 1.82) is 0 Å². The second-order valence-corrected chi connectivity index (χ2v) is 14.7. The molecule has 0 amide bonds. The van der Waals surface area contributed by atoms with Crippen LogP contribution in [-0.4, -0.2) is 32.7 Å². The van der Waals surface area contributed by atoms with E-state index in [-0.39, 0.29) is 42.1 Å². The first-order valence-electron chi connectivity index (χ1n) is 15.9. The van der Waals surface area contributed by atoms with Gasteiger partial charge >= 0.3 is 0 Å². The largest absolute Gasteiger partial charge is 0.506 e. The lowest BCUT2D eigenvalue weighted by Crippen LogP contribution is -2.54. The molecule has 2 rings (SSSR count). The summed E-state index contributed by atoms with van der Waals surface area (Å²) in [5.74, 6) is -4.83. The number of aliphatic hydroxyl groups is 1. The molecule has 6 heteroatoms. The van der Waals surface area contributed by atoms with E-state index in [0.29, 0.717) is 12.8 Å². The topological polar surface area (TPSA) is 112 Å². The number of ketones is 3. The van der Waals surface area contributed by atoms with Crippen LogP contribution in [-0.2, 0) is 14.4 Å². The van der Waals surface area contributed by atoms with Crippen LogP contribution in [0.15, 0.2) is 70.9 Å². The first kappa shape index (κ1) is 37.5. The first-order chi connectivity index (χ1) is 20.7. The number of carbonyl (C=O) groups excluding carboxylic acids is 3. The molecule has 1 aromatic rings. The molecule has 1 saturated carbocycles. The number of Topliss-reactive ketones (excluding diaryl/α,β-unsaturated/α-hetero) is 3. The van der Waals surface area contributed by atoms with Crippen LogP contribution in [0.5, 0.6) is 11.5 Å². The van der Waals surface area contributed by atoms with Crippen LogP contribution in [0.3, 0.4) is 0 Å². The van der Waals surface area contributed by atoms with Crippen molar-refractivity contribution in [3.63, 3.8) is 0 Å². The third-order valence-electron chi connectivity index (χ3n) is 8.99. The first-order valence-corrected chi connectivity index (χ1v) is 15.9. The second-order valence-electron chi connectivity index (χ2n) is 14.7. The summed E-state index contributed by atoms with van der Waals surface area (Å²) in [6, 6.07) is 3.63. The molecule has 1 fully saturated rings. The van der Waals surface area contributed by atoms with Gasteiger partial charge in [-0.3, -0.25) is 14.4 Å². The van der Waals surface area contributed by atoms with Gasteiger partial charge in [-0.15, -0.1) is 0 Å². The Morgan fingerprint density at radius 3 is 1.91 bits per heavy atom. The lowest BCUT2D eigenvalue weighted by Gasteiger charge is -2.44. The smallest absolute Gasteiger partial charge is 0.183 e. The van der Waals surface area contributed by atoms with Gasteiger partial charge in [0.2, 0.25) is 0 Å². The van der Waals surface area contributed by atoms with Crippen molar-refractivity contribution >= 4 is 23.1 Å². The number of allylic oxidation sites excluding steroid dienone is 8. The van der Waals surface area contributed by atoms with Gasteiger partial charge in [-0.05, 0) is 116 Å². The Morgan fingerprint density at radius 1 is 0.867 bits per heavy atom. The fourth-order valence-electron chi connectivity index (χ4n) is 5.97. The Morgan fingerprint density at radius 2 is 1.42 bits per heavy atom. The maximum atomic E-state index is 15.0. The molecule has 0 heterocycles. The number of aromatic hydroxyl groups is 2. The lowest BCUT2D eigenvalue weighted by molar-refractivity contribution is -0.151. The summed E-state index contributed by atoms with van der Waals surface area (Å²) in [4.78, 5) is 43.9. The van der Waals surface area contributed by atoms with Gasteiger partial charge in [-0.25, -0.2) is 0 Å². The molecule has 3 N–H and O–H groups in total. The Labute approximate surface area is 270 Å². The van der Waals surface area contributed by atoms with Gasteiger partial charge in [0.1, 0.15) is 11.3 Å². The van der Waals surface area contributed by atoms with E-state index >= 15 is 0 Å². The van der Waals surface area contributed by atoms with Crippen molar-refractivity contribution in [2.45, 2.75) is 101 Å². The molecule has 0 radical (unpaired) electrons. The number of aliphatic hydroxyl groups excluding tert-OH is 1. The molecule has 246 valence electrons. The summed E-state index contributed by atoms with van der Waals surface area (Å²) in [6.45, 7) is 24.2. The van der Waals surface area contributed by atoms with Crippen molar-refractivity contribution in [2.75, 3.05) is 0 Å². The Balaban J connectivity index is 3.02.